The van der Waals surface area contributed by atoms with Crippen molar-refractivity contribution < 1.29 is 4.79 Å². The summed E-state index contributed by atoms with van der Waals surface area (Å²) in [6, 6.07) is 10.9. The molecule has 126 valence electrons. The number of anilines is 1. The summed E-state index contributed by atoms with van der Waals surface area (Å²) in [5, 5.41) is 4.72. The molecule has 1 amide bonds. The van der Waals surface area contributed by atoms with Crippen LogP contribution in [0.2, 0.25) is 0 Å². The molecule has 3 rings (SSSR count). The highest BCUT2D eigenvalue weighted by atomic mass is 32.2. The van der Waals surface area contributed by atoms with Gasteiger partial charge in [-0.3, -0.25) is 9.59 Å². The van der Waals surface area contributed by atoms with Gasteiger partial charge in [-0.15, -0.1) is 11.8 Å². The summed E-state index contributed by atoms with van der Waals surface area (Å²) in [7, 11) is 0. The maximum absolute atomic E-state index is 13.0. The summed E-state index contributed by atoms with van der Waals surface area (Å²) < 4.78 is 1.37. The van der Waals surface area contributed by atoms with Crippen molar-refractivity contribution in [2.75, 3.05) is 11.4 Å². The number of para-hydroxylation sites is 1. The summed E-state index contributed by atoms with van der Waals surface area (Å²) >= 11 is 1.79. The standard InChI is InChI=1S/C18H21N3O2S/c1-3-11-21-17(22)9-8-14(19-21)18(23)20-12-10-13(2)24-16-7-5-4-6-15(16)20/h4-9,13H,3,10-12H2,1-2H3. The summed E-state index contributed by atoms with van der Waals surface area (Å²) in [5.41, 5.74) is 1.07. The number of aryl methyl sites for hydroxylation is 1. The normalized spacial score (nSPS) is 17.2. The van der Waals surface area contributed by atoms with Crippen molar-refractivity contribution in [3.63, 3.8) is 0 Å². The fourth-order valence-electron chi connectivity index (χ4n) is 2.77. The highest BCUT2D eigenvalue weighted by Crippen LogP contribution is 2.37. The van der Waals surface area contributed by atoms with Crippen LogP contribution in [0.1, 0.15) is 37.2 Å². The first-order chi connectivity index (χ1) is 11.6. The van der Waals surface area contributed by atoms with Crippen LogP contribution >= 0.6 is 11.8 Å². The third-order valence-electron chi connectivity index (χ3n) is 4.01. The van der Waals surface area contributed by atoms with Gasteiger partial charge in [-0.1, -0.05) is 26.0 Å². The van der Waals surface area contributed by atoms with Crippen molar-refractivity contribution >= 4 is 23.4 Å². The SMILES string of the molecule is CCCn1nc(C(=O)N2CCC(C)Sc3ccccc32)ccc1=O. The Bertz CT molecular complexity index is 803. The Kier molecular flexibility index (Phi) is 5.04. The van der Waals surface area contributed by atoms with Crippen LogP contribution < -0.4 is 10.5 Å². The van der Waals surface area contributed by atoms with Crippen molar-refractivity contribution in [2.24, 2.45) is 0 Å². The van der Waals surface area contributed by atoms with Crippen molar-refractivity contribution in [3.8, 4) is 0 Å². The van der Waals surface area contributed by atoms with Crippen molar-refractivity contribution in [1.29, 1.82) is 0 Å². The molecule has 0 fully saturated rings. The molecule has 0 saturated heterocycles. The lowest BCUT2D eigenvalue weighted by Gasteiger charge is -2.22. The summed E-state index contributed by atoms with van der Waals surface area (Å²) in [6.45, 7) is 5.32. The lowest BCUT2D eigenvalue weighted by molar-refractivity contribution is 0.0979. The summed E-state index contributed by atoms with van der Waals surface area (Å²) in [4.78, 5) is 27.8. The van der Waals surface area contributed by atoms with Gasteiger partial charge in [0.1, 0.15) is 5.69 Å². The number of thioether (sulfide) groups is 1. The number of carbonyl (C=O) groups is 1. The van der Waals surface area contributed by atoms with Gasteiger partial charge in [0.25, 0.3) is 11.5 Å². The number of rotatable bonds is 3. The molecule has 1 aromatic carbocycles. The van der Waals surface area contributed by atoms with Crippen LogP contribution in [0.25, 0.3) is 0 Å². The van der Waals surface area contributed by atoms with Gasteiger partial charge in [0.05, 0.1) is 5.69 Å². The minimum absolute atomic E-state index is 0.151. The molecule has 1 aliphatic heterocycles. The van der Waals surface area contributed by atoms with Crippen LogP contribution in [0.5, 0.6) is 0 Å². The van der Waals surface area contributed by atoms with Crippen LogP contribution in [0.15, 0.2) is 46.1 Å². The molecule has 0 radical (unpaired) electrons. The number of hydrogen-bond acceptors (Lipinski definition) is 4. The van der Waals surface area contributed by atoms with Gasteiger partial charge < -0.3 is 4.90 Å². The second kappa shape index (κ2) is 7.21. The molecule has 0 N–H and O–H groups in total. The number of amides is 1. The van der Waals surface area contributed by atoms with E-state index in [0.717, 1.165) is 23.4 Å². The zero-order valence-corrected chi connectivity index (χ0v) is 14.8. The Hall–Kier alpha value is -2.08. The molecular formula is C18H21N3O2S. The number of fused-ring (bicyclic) bond motifs is 1. The quantitative estimate of drug-likeness (QED) is 0.859. The molecule has 0 aliphatic carbocycles. The Labute approximate surface area is 145 Å². The van der Waals surface area contributed by atoms with Crippen molar-refractivity contribution in [1.82, 2.24) is 9.78 Å². The number of carbonyl (C=O) groups excluding carboxylic acids is 1. The van der Waals surface area contributed by atoms with Crippen LogP contribution in [0.3, 0.4) is 0 Å². The van der Waals surface area contributed by atoms with E-state index in [0.29, 0.717) is 24.0 Å². The Morgan fingerprint density at radius 3 is 2.88 bits per heavy atom. The highest BCUT2D eigenvalue weighted by Gasteiger charge is 2.26. The lowest BCUT2D eigenvalue weighted by atomic mass is 10.2. The van der Waals surface area contributed by atoms with Gasteiger partial charge in [-0.05, 0) is 31.0 Å². The highest BCUT2D eigenvalue weighted by molar-refractivity contribution is 8.00. The van der Waals surface area contributed by atoms with E-state index in [2.05, 4.69) is 12.0 Å². The molecule has 2 aromatic rings. The fraction of sp³-hybridized carbons (Fsp3) is 0.389. The Morgan fingerprint density at radius 1 is 1.29 bits per heavy atom. The fourth-order valence-corrected chi connectivity index (χ4v) is 3.88. The molecule has 5 nitrogen and oxygen atoms in total. The molecule has 0 saturated carbocycles. The molecule has 1 unspecified atom stereocenters. The van der Waals surface area contributed by atoms with Crippen LogP contribution in [0, 0.1) is 0 Å². The topological polar surface area (TPSA) is 55.2 Å². The van der Waals surface area contributed by atoms with Gasteiger partial charge in [0, 0.05) is 29.3 Å². The predicted molar refractivity (Wildman–Crippen MR) is 96.8 cm³/mol. The van der Waals surface area contributed by atoms with Gasteiger partial charge in [0.2, 0.25) is 0 Å². The maximum atomic E-state index is 13.0. The Balaban J connectivity index is 1.98. The zero-order valence-electron chi connectivity index (χ0n) is 13.9. The molecule has 0 spiro atoms. The monoisotopic (exact) mass is 343 g/mol. The van der Waals surface area contributed by atoms with Gasteiger partial charge in [-0.25, -0.2) is 4.68 Å². The summed E-state index contributed by atoms with van der Waals surface area (Å²) in [5.74, 6) is -0.151. The van der Waals surface area contributed by atoms with Crippen molar-refractivity contribution in [3.05, 3.63) is 52.4 Å². The van der Waals surface area contributed by atoms with E-state index in [4.69, 9.17) is 0 Å². The molecule has 1 atom stereocenters. The second-order valence-electron chi connectivity index (χ2n) is 5.92. The molecule has 0 bridgehead atoms. The van der Waals surface area contributed by atoms with E-state index in [1.54, 1.807) is 16.7 Å². The van der Waals surface area contributed by atoms with Crippen LogP contribution in [-0.4, -0.2) is 27.5 Å². The van der Waals surface area contributed by atoms with Crippen LogP contribution in [-0.2, 0) is 6.54 Å². The first-order valence-corrected chi connectivity index (χ1v) is 9.14. The second-order valence-corrected chi connectivity index (χ2v) is 7.40. The zero-order chi connectivity index (χ0) is 17.1. The van der Waals surface area contributed by atoms with Gasteiger partial charge in [0.15, 0.2) is 0 Å². The number of benzene rings is 1. The van der Waals surface area contributed by atoms with Gasteiger partial charge >= 0.3 is 0 Å². The average molecular weight is 343 g/mol. The van der Waals surface area contributed by atoms with E-state index in [1.165, 1.54) is 16.8 Å². The number of nitrogens with zero attached hydrogens (tertiary/aromatic N) is 3. The van der Waals surface area contributed by atoms with E-state index in [1.807, 2.05) is 31.2 Å². The molecule has 24 heavy (non-hydrogen) atoms. The lowest BCUT2D eigenvalue weighted by Crippen LogP contribution is -2.35. The molecule has 1 aromatic heterocycles. The first kappa shape index (κ1) is 16.8. The molecular weight excluding hydrogens is 322 g/mol. The van der Waals surface area contributed by atoms with E-state index in [-0.39, 0.29) is 11.5 Å². The average Bonchev–Trinajstić information content (AvgIpc) is 2.74. The van der Waals surface area contributed by atoms with E-state index < -0.39 is 0 Å². The third kappa shape index (κ3) is 3.38. The van der Waals surface area contributed by atoms with E-state index >= 15 is 0 Å². The van der Waals surface area contributed by atoms with E-state index in [9.17, 15) is 9.59 Å². The molecule has 2 heterocycles. The smallest absolute Gasteiger partial charge is 0.278 e. The van der Waals surface area contributed by atoms with Crippen LogP contribution in [0.4, 0.5) is 5.69 Å². The number of hydrogen-bond donors (Lipinski definition) is 0. The minimum atomic E-state index is -0.172. The number of aromatic nitrogens is 2. The first-order valence-electron chi connectivity index (χ1n) is 8.26. The predicted octanol–water partition coefficient (Wildman–Crippen LogP) is 3.18. The maximum Gasteiger partial charge on any atom is 0.278 e. The Morgan fingerprint density at radius 2 is 2.08 bits per heavy atom. The minimum Gasteiger partial charge on any atom is -0.306 e. The summed E-state index contributed by atoms with van der Waals surface area (Å²) in [6.07, 6.45) is 1.71. The van der Waals surface area contributed by atoms with Gasteiger partial charge in [-0.2, -0.15) is 5.10 Å². The molecule has 1 aliphatic rings. The largest absolute Gasteiger partial charge is 0.306 e. The molecule has 6 heteroatoms. The van der Waals surface area contributed by atoms with Crippen molar-refractivity contribution in [2.45, 2.75) is 43.4 Å². The third-order valence-corrected chi connectivity index (χ3v) is 5.25.